The molecule has 1 aliphatic rings. The molecule has 0 spiro atoms. The normalized spacial score (nSPS) is 22.0. The number of ether oxygens (including phenoxy) is 1. The fraction of sp³-hybridized carbons (Fsp3) is 0.615. The van der Waals surface area contributed by atoms with Crippen molar-refractivity contribution < 1.29 is 18.8 Å². The topological polar surface area (TPSA) is 84.7 Å². The highest BCUT2D eigenvalue weighted by Gasteiger charge is 2.45. The van der Waals surface area contributed by atoms with Gasteiger partial charge in [0.2, 0.25) is 5.91 Å². The summed E-state index contributed by atoms with van der Waals surface area (Å²) in [5, 5.41) is 6.28. The number of hydrogen-bond acceptors (Lipinski definition) is 5. The molecule has 1 fully saturated rings. The van der Waals surface area contributed by atoms with Gasteiger partial charge in [-0.25, -0.2) is 0 Å². The van der Waals surface area contributed by atoms with E-state index in [1.54, 1.807) is 19.1 Å². The van der Waals surface area contributed by atoms with E-state index in [4.69, 9.17) is 9.26 Å². The highest BCUT2D eigenvalue weighted by atomic mass is 16.5. The molecule has 0 radical (unpaired) electrons. The van der Waals surface area contributed by atoms with E-state index in [9.17, 15) is 9.59 Å². The lowest BCUT2D eigenvalue weighted by Crippen LogP contribution is -2.52. The van der Waals surface area contributed by atoms with Crippen LogP contribution in [0.5, 0.6) is 0 Å². The third kappa shape index (κ3) is 2.67. The van der Waals surface area contributed by atoms with E-state index in [0.29, 0.717) is 13.2 Å². The van der Waals surface area contributed by atoms with Gasteiger partial charge in [-0.15, -0.1) is 0 Å². The molecule has 2 amide bonds. The van der Waals surface area contributed by atoms with Crippen molar-refractivity contribution in [2.45, 2.75) is 24.8 Å². The molecule has 1 atom stereocenters. The van der Waals surface area contributed by atoms with E-state index in [1.807, 2.05) is 0 Å². The minimum atomic E-state index is -0.606. The van der Waals surface area contributed by atoms with Crippen LogP contribution in [-0.4, -0.2) is 54.7 Å². The quantitative estimate of drug-likeness (QED) is 0.846. The number of nitrogens with one attached hydrogen (secondary N) is 1. The summed E-state index contributed by atoms with van der Waals surface area (Å²) in [6, 6.07) is 1.53. The summed E-state index contributed by atoms with van der Waals surface area (Å²) in [7, 11) is 3.16. The molecule has 2 rings (SSSR count). The van der Waals surface area contributed by atoms with Crippen LogP contribution < -0.4 is 5.32 Å². The SMILES string of the molecule is CNC(=O)CC1(COC)CCCN1C(=O)c1ccon1. The average molecular weight is 281 g/mol. The standard InChI is InChI=1S/C13H19N3O4/c1-14-11(17)8-13(9-19-2)5-3-6-16(13)12(18)10-4-7-20-15-10/h4,7H,3,5-6,8-9H2,1-2H3,(H,14,17). The molecule has 1 saturated heterocycles. The molecule has 1 aliphatic heterocycles. The first-order valence-corrected chi connectivity index (χ1v) is 6.55. The molecule has 7 heteroatoms. The number of likely N-dealkylation sites (tertiary alicyclic amines) is 1. The third-order valence-electron chi connectivity index (χ3n) is 3.68. The molecular weight excluding hydrogens is 262 g/mol. The van der Waals surface area contributed by atoms with Gasteiger partial charge in [-0.3, -0.25) is 9.59 Å². The third-order valence-corrected chi connectivity index (χ3v) is 3.68. The second kappa shape index (κ2) is 6.04. The molecule has 20 heavy (non-hydrogen) atoms. The molecule has 1 aromatic rings. The Morgan fingerprint density at radius 1 is 1.60 bits per heavy atom. The second-order valence-electron chi connectivity index (χ2n) is 4.95. The first kappa shape index (κ1) is 14.5. The molecular formula is C13H19N3O4. The van der Waals surface area contributed by atoms with Gasteiger partial charge in [0.25, 0.3) is 5.91 Å². The van der Waals surface area contributed by atoms with Gasteiger partial charge in [0, 0.05) is 26.8 Å². The molecule has 2 heterocycles. The van der Waals surface area contributed by atoms with Crippen LogP contribution in [0.1, 0.15) is 29.8 Å². The van der Waals surface area contributed by atoms with Crippen molar-refractivity contribution >= 4 is 11.8 Å². The summed E-state index contributed by atoms with van der Waals surface area (Å²) >= 11 is 0. The summed E-state index contributed by atoms with van der Waals surface area (Å²) in [4.78, 5) is 25.9. The van der Waals surface area contributed by atoms with Crippen molar-refractivity contribution in [1.29, 1.82) is 0 Å². The molecule has 0 bridgehead atoms. The molecule has 1 aromatic heterocycles. The van der Waals surface area contributed by atoms with Gasteiger partial charge in [0.1, 0.15) is 6.26 Å². The smallest absolute Gasteiger partial charge is 0.276 e. The Kier molecular flexibility index (Phi) is 4.39. The molecule has 0 saturated carbocycles. The van der Waals surface area contributed by atoms with Crippen molar-refractivity contribution in [3.63, 3.8) is 0 Å². The monoisotopic (exact) mass is 281 g/mol. The van der Waals surface area contributed by atoms with Crippen LogP contribution in [-0.2, 0) is 9.53 Å². The number of methoxy groups -OCH3 is 1. The first-order chi connectivity index (χ1) is 9.63. The Balaban J connectivity index is 2.24. The van der Waals surface area contributed by atoms with E-state index in [-0.39, 0.29) is 23.9 Å². The van der Waals surface area contributed by atoms with Crippen LogP contribution in [0.4, 0.5) is 0 Å². The zero-order chi connectivity index (χ0) is 14.6. The molecule has 1 N–H and O–H groups in total. The van der Waals surface area contributed by atoms with Crippen LogP contribution in [0.2, 0.25) is 0 Å². The van der Waals surface area contributed by atoms with Crippen LogP contribution >= 0.6 is 0 Å². The van der Waals surface area contributed by atoms with Gasteiger partial charge < -0.3 is 19.5 Å². The van der Waals surface area contributed by atoms with E-state index in [2.05, 4.69) is 10.5 Å². The lowest BCUT2D eigenvalue weighted by atomic mass is 9.92. The van der Waals surface area contributed by atoms with Crippen LogP contribution in [0.3, 0.4) is 0 Å². The highest BCUT2D eigenvalue weighted by molar-refractivity contribution is 5.93. The minimum Gasteiger partial charge on any atom is -0.382 e. The zero-order valence-electron chi connectivity index (χ0n) is 11.7. The maximum atomic E-state index is 12.5. The molecule has 7 nitrogen and oxygen atoms in total. The number of nitrogens with zero attached hydrogens (tertiary/aromatic N) is 2. The average Bonchev–Trinajstić information content (AvgIpc) is 3.08. The van der Waals surface area contributed by atoms with E-state index in [1.165, 1.54) is 12.3 Å². The van der Waals surface area contributed by atoms with Crippen LogP contribution in [0.25, 0.3) is 0 Å². The van der Waals surface area contributed by atoms with Crippen molar-refractivity contribution in [1.82, 2.24) is 15.4 Å². The largest absolute Gasteiger partial charge is 0.382 e. The predicted molar refractivity (Wildman–Crippen MR) is 70.1 cm³/mol. The van der Waals surface area contributed by atoms with Crippen LogP contribution in [0.15, 0.2) is 16.9 Å². The lowest BCUT2D eigenvalue weighted by Gasteiger charge is -2.37. The molecule has 110 valence electrons. The molecule has 1 unspecified atom stereocenters. The van der Waals surface area contributed by atoms with Gasteiger partial charge >= 0.3 is 0 Å². The van der Waals surface area contributed by atoms with E-state index in [0.717, 1.165) is 12.8 Å². The first-order valence-electron chi connectivity index (χ1n) is 6.55. The zero-order valence-corrected chi connectivity index (χ0v) is 11.7. The number of carbonyl (C=O) groups is 2. The number of carbonyl (C=O) groups excluding carboxylic acids is 2. The summed E-state index contributed by atoms with van der Waals surface area (Å²) in [6.45, 7) is 0.913. The van der Waals surface area contributed by atoms with Crippen LogP contribution in [0, 0.1) is 0 Å². The number of aromatic nitrogens is 1. The number of hydrogen-bond donors (Lipinski definition) is 1. The summed E-state index contributed by atoms with van der Waals surface area (Å²) in [5.41, 5.74) is -0.352. The van der Waals surface area contributed by atoms with Crippen molar-refractivity contribution in [2.75, 3.05) is 27.3 Å². The Labute approximate surface area is 117 Å². The minimum absolute atomic E-state index is 0.109. The van der Waals surface area contributed by atoms with E-state index < -0.39 is 5.54 Å². The Hall–Kier alpha value is -1.89. The summed E-state index contributed by atoms with van der Waals surface area (Å²) < 4.78 is 9.97. The van der Waals surface area contributed by atoms with Crippen molar-refractivity contribution in [3.05, 3.63) is 18.0 Å². The fourth-order valence-electron chi connectivity index (χ4n) is 2.76. The molecule has 0 aromatic carbocycles. The van der Waals surface area contributed by atoms with Gasteiger partial charge in [-0.1, -0.05) is 5.16 Å². The summed E-state index contributed by atoms with van der Waals surface area (Å²) in [5.74, 6) is -0.334. The Morgan fingerprint density at radius 3 is 3.00 bits per heavy atom. The predicted octanol–water partition coefficient (Wildman–Crippen LogP) is 0.432. The second-order valence-corrected chi connectivity index (χ2v) is 4.95. The summed E-state index contributed by atoms with van der Waals surface area (Å²) in [6.07, 6.45) is 3.16. The molecule has 0 aliphatic carbocycles. The maximum absolute atomic E-state index is 12.5. The highest BCUT2D eigenvalue weighted by Crippen LogP contribution is 2.34. The number of rotatable bonds is 5. The van der Waals surface area contributed by atoms with Gasteiger partial charge in [0.15, 0.2) is 5.69 Å². The van der Waals surface area contributed by atoms with Gasteiger partial charge in [0.05, 0.1) is 18.6 Å². The Morgan fingerprint density at radius 2 is 2.40 bits per heavy atom. The van der Waals surface area contributed by atoms with Gasteiger partial charge in [-0.05, 0) is 12.8 Å². The van der Waals surface area contributed by atoms with Crippen molar-refractivity contribution in [2.24, 2.45) is 0 Å². The Bertz CT molecular complexity index is 474. The van der Waals surface area contributed by atoms with Gasteiger partial charge in [-0.2, -0.15) is 0 Å². The number of amides is 2. The maximum Gasteiger partial charge on any atom is 0.276 e. The fourth-order valence-corrected chi connectivity index (χ4v) is 2.76. The lowest BCUT2D eigenvalue weighted by molar-refractivity contribution is -0.123. The van der Waals surface area contributed by atoms with E-state index >= 15 is 0 Å². The van der Waals surface area contributed by atoms with Crippen molar-refractivity contribution in [3.8, 4) is 0 Å².